The van der Waals surface area contributed by atoms with E-state index in [1.807, 2.05) is 0 Å². The van der Waals surface area contributed by atoms with Crippen molar-refractivity contribution >= 4 is 21.6 Å². The number of nitrogens with zero attached hydrogens (tertiary/aromatic N) is 2. The molecule has 7 heteroatoms. The predicted octanol–water partition coefficient (Wildman–Crippen LogP) is 1.49. The maximum Gasteiger partial charge on any atom is 0.175 e. The molecule has 2 aromatic rings. The summed E-state index contributed by atoms with van der Waals surface area (Å²) in [5, 5.41) is 0.740. The summed E-state index contributed by atoms with van der Waals surface area (Å²) in [5.74, 6) is 0. The molecule has 2 N–H and O–H groups in total. The Morgan fingerprint density at radius 2 is 1.84 bits per heavy atom. The van der Waals surface area contributed by atoms with Crippen LogP contribution in [0.3, 0.4) is 0 Å². The van der Waals surface area contributed by atoms with Crippen LogP contribution >= 0.6 is 11.8 Å². The van der Waals surface area contributed by atoms with Gasteiger partial charge in [0.25, 0.3) is 0 Å². The Kier molecular flexibility index (Phi) is 4.18. The lowest BCUT2D eigenvalue weighted by atomic mass is 10.4. The van der Waals surface area contributed by atoms with Gasteiger partial charge in [0.1, 0.15) is 5.03 Å². The van der Waals surface area contributed by atoms with Crippen LogP contribution in [0, 0.1) is 0 Å². The van der Waals surface area contributed by atoms with Gasteiger partial charge in [0.2, 0.25) is 0 Å². The summed E-state index contributed by atoms with van der Waals surface area (Å²) in [5.41, 5.74) is 6.18. The van der Waals surface area contributed by atoms with Gasteiger partial charge in [0, 0.05) is 17.7 Å². The molecule has 0 saturated carbocycles. The molecule has 1 aromatic carbocycles. The van der Waals surface area contributed by atoms with Crippen molar-refractivity contribution in [3.05, 3.63) is 42.4 Å². The molecule has 0 fully saturated rings. The topological polar surface area (TPSA) is 85.9 Å². The molecular formula is C12H13N3O2S2. The standard InChI is InChI=1S/C12H13N3O2S2/c1-19(16,17)11-4-2-10(3-5-11)18-12-8-14-9(6-13)7-15-12/h2-5,7-8H,6,13H2,1H3. The second-order valence-electron chi connectivity index (χ2n) is 3.90. The third-order valence-corrected chi connectivity index (χ3v) is 4.42. The fraction of sp³-hybridized carbons (Fsp3) is 0.167. The minimum absolute atomic E-state index is 0.307. The van der Waals surface area contributed by atoms with Crippen LogP contribution < -0.4 is 5.73 Å². The first-order chi connectivity index (χ1) is 8.99. The van der Waals surface area contributed by atoms with Crippen LogP contribution in [0.4, 0.5) is 0 Å². The van der Waals surface area contributed by atoms with E-state index in [-0.39, 0.29) is 0 Å². The van der Waals surface area contributed by atoms with Crippen molar-refractivity contribution in [2.75, 3.05) is 6.26 Å². The highest BCUT2D eigenvalue weighted by Gasteiger charge is 2.07. The number of nitrogens with two attached hydrogens (primary N) is 1. The molecule has 0 radical (unpaired) electrons. The summed E-state index contributed by atoms with van der Waals surface area (Å²) in [4.78, 5) is 9.58. The molecule has 0 saturated heterocycles. The molecule has 2 rings (SSSR count). The molecule has 0 unspecified atom stereocenters. The first kappa shape index (κ1) is 14.0. The van der Waals surface area contributed by atoms with E-state index < -0.39 is 9.84 Å². The molecule has 0 spiro atoms. The number of sulfone groups is 1. The third-order valence-electron chi connectivity index (χ3n) is 2.37. The van der Waals surface area contributed by atoms with E-state index in [0.29, 0.717) is 11.4 Å². The van der Waals surface area contributed by atoms with Crippen molar-refractivity contribution in [1.29, 1.82) is 0 Å². The SMILES string of the molecule is CS(=O)(=O)c1ccc(Sc2cnc(CN)cn2)cc1. The zero-order chi connectivity index (χ0) is 13.9. The van der Waals surface area contributed by atoms with Crippen LogP contribution in [-0.4, -0.2) is 24.6 Å². The van der Waals surface area contributed by atoms with Crippen molar-refractivity contribution in [2.24, 2.45) is 5.73 Å². The van der Waals surface area contributed by atoms with Crippen LogP contribution in [0.15, 0.2) is 51.5 Å². The van der Waals surface area contributed by atoms with Crippen LogP contribution in [0.25, 0.3) is 0 Å². The van der Waals surface area contributed by atoms with E-state index in [9.17, 15) is 8.42 Å². The van der Waals surface area contributed by atoms with Crippen LogP contribution in [-0.2, 0) is 16.4 Å². The minimum atomic E-state index is -3.15. The molecule has 0 bridgehead atoms. The number of aromatic nitrogens is 2. The van der Waals surface area contributed by atoms with Crippen molar-refractivity contribution in [1.82, 2.24) is 9.97 Å². The number of hydrogen-bond donors (Lipinski definition) is 1. The van der Waals surface area contributed by atoms with Gasteiger partial charge in [0.15, 0.2) is 9.84 Å². The van der Waals surface area contributed by atoms with E-state index in [1.165, 1.54) is 18.0 Å². The van der Waals surface area contributed by atoms with Crippen LogP contribution in [0.5, 0.6) is 0 Å². The van der Waals surface area contributed by atoms with Crippen molar-refractivity contribution in [3.63, 3.8) is 0 Å². The zero-order valence-corrected chi connectivity index (χ0v) is 11.9. The molecule has 0 aliphatic carbocycles. The van der Waals surface area contributed by atoms with Crippen molar-refractivity contribution in [3.8, 4) is 0 Å². The summed E-state index contributed by atoms with van der Waals surface area (Å²) in [6.07, 6.45) is 4.47. The summed E-state index contributed by atoms with van der Waals surface area (Å²) in [7, 11) is -3.15. The van der Waals surface area contributed by atoms with Gasteiger partial charge in [0.05, 0.1) is 23.0 Å². The summed E-state index contributed by atoms with van der Waals surface area (Å²) in [6, 6.07) is 6.66. The first-order valence-electron chi connectivity index (χ1n) is 5.48. The number of benzene rings is 1. The van der Waals surface area contributed by atoms with Gasteiger partial charge in [-0.05, 0) is 24.3 Å². The Labute approximate surface area is 116 Å². The maximum absolute atomic E-state index is 11.3. The van der Waals surface area contributed by atoms with Gasteiger partial charge in [-0.25, -0.2) is 13.4 Å². The molecular weight excluding hydrogens is 282 g/mol. The highest BCUT2D eigenvalue weighted by Crippen LogP contribution is 2.26. The van der Waals surface area contributed by atoms with Crippen molar-refractivity contribution in [2.45, 2.75) is 21.4 Å². The summed E-state index contributed by atoms with van der Waals surface area (Å²) >= 11 is 1.42. The normalized spacial score (nSPS) is 11.5. The quantitative estimate of drug-likeness (QED) is 0.919. The highest BCUT2D eigenvalue weighted by molar-refractivity contribution is 7.99. The lowest BCUT2D eigenvalue weighted by Crippen LogP contribution is -2.00. The van der Waals surface area contributed by atoms with E-state index >= 15 is 0 Å². The molecule has 100 valence electrons. The average Bonchev–Trinajstić information content (AvgIpc) is 2.39. The molecule has 0 atom stereocenters. The smallest absolute Gasteiger partial charge is 0.175 e. The number of rotatable bonds is 4. The van der Waals surface area contributed by atoms with Crippen molar-refractivity contribution < 1.29 is 8.42 Å². The summed E-state index contributed by atoms with van der Waals surface area (Å²) in [6.45, 7) is 0.362. The van der Waals surface area contributed by atoms with E-state index in [1.54, 1.807) is 36.7 Å². The monoisotopic (exact) mass is 295 g/mol. The largest absolute Gasteiger partial charge is 0.325 e. The van der Waals surface area contributed by atoms with Gasteiger partial charge >= 0.3 is 0 Å². The Bertz CT molecular complexity index is 652. The molecule has 0 amide bonds. The fourth-order valence-corrected chi connectivity index (χ4v) is 2.73. The van der Waals surface area contributed by atoms with Gasteiger partial charge in [-0.3, -0.25) is 4.98 Å². The fourth-order valence-electron chi connectivity index (χ4n) is 1.38. The second-order valence-corrected chi connectivity index (χ2v) is 7.01. The van der Waals surface area contributed by atoms with Crippen LogP contribution in [0.1, 0.15) is 5.69 Å². The van der Waals surface area contributed by atoms with Gasteiger partial charge < -0.3 is 5.73 Å². The Morgan fingerprint density at radius 3 is 2.32 bits per heavy atom. The minimum Gasteiger partial charge on any atom is -0.325 e. The van der Waals surface area contributed by atoms with E-state index in [4.69, 9.17) is 5.73 Å². The van der Waals surface area contributed by atoms with Gasteiger partial charge in [-0.1, -0.05) is 11.8 Å². The average molecular weight is 295 g/mol. The lowest BCUT2D eigenvalue weighted by Gasteiger charge is -2.03. The maximum atomic E-state index is 11.3. The third kappa shape index (κ3) is 3.76. The molecule has 1 aromatic heterocycles. The second kappa shape index (κ2) is 5.68. The van der Waals surface area contributed by atoms with Crippen LogP contribution in [0.2, 0.25) is 0 Å². The first-order valence-corrected chi connectivity index (χ1v) is 8.19. The highest BCUT2D eigenvalue weighted by atomic mass is 32.2. The summed E-state index contributed by atoms with van der Waals surface area (Å²) < 4.78 is 22.7. The Morgan fingerprint density at radius 1 is 1.16 bits per heavy atom. The molecule has 19 heavy (non-hydrogen) atoms. The Hall–Kier alpha value is -1.44. The number of hydrogen-bond acceptors (Lipinski definition) is 6. The lowest BCUT2D eigenvalue weighted by molar-refractivity contribution is 0.602. The van der Waals surface area contributed by atoms with Gasteiger partial charge in [-0.2, -0.15) is 0 Å². The van der Waals surface area contributed by atoms with E-state index in [0.717, 1.165) is 15.6 Å². The predicted molar refractivity (Wildman–Crippen MR) is 73.6 cm³/mol. The molecule has 0 aliphatic rings. The zero-order valence-electron chi connectivity index (χ0n) is 10.3. The Balaban J connectivity index is 2.15. The van der Waals surface area contributed by atoms with Gasteiger partial charge in [-0.15, -0.1) is 0 Å². The molecule has 1 heterocycles. The molecule has 0 aliphatic heterocycles. The van der Waals surface area contributed by atoms with E-state index in [2.05, 4.69) is 9.97 Å². The molecule has 5 nitrogen and oxygen atoms in total.